The van der Waals surface area contributed by atoms with Crippen molar-refractivity contribution in [2.75, 3.05) is 18.5 Å². The average molecular weight is 278 g/mol. The molecule has 1 aromatic carbocycles. The van der Waals surface area contributed by atoms with Crippen molar-refractivity contribution in [2.45, 2.75) is 20.3 Å². The minimum absolute atomic E-state index is 0.135. The summed E-state index contributed by atoms with van der Waals surface area (Å²) in [6.07, 6.45) is 0.312. The van der Waals surface area contributed by atoms with Crippen molar-refractivity contribution >= 4 is 23.5 Å². The van der Waals surface area contributed by atoms with E-state index in [1.165, 1.54) is 0 Å². The first-order valence-corrected chi connectivity index (χ1v) is 6.41. The van der Waals surface area contributed by atoms with Crippen molar-refractivity contribution < 1.29 is 19.1 Å². The van der Waals surface area contributed by atoms with Crippen LogP contribution in [0.4, 0.5) is 5.69 Å². The topological polar surface area (TPSA) is 84.5 Å². The van der Waals surface area contributed by atoms with Gasteiger partial charge in [-0.3, -0.25) is 9.59 Å². The minimum Gasteiger partial charge on any atom is -0.462 e. The first-order chi connectivity index (χ1) is 9.58. The Labute approximate surface area is 117 Å². The van der Waals surface area contributed by atoms with Crippen LogP contribution >= 0.6 is 0 Å². The second-order valence-electron chi connectivity index (χ2n) is 3.94. The summed E-state index contributed by atoms with van der Waals surface area (Å²) < 4.78 is 4.91. The van der Waals surface area contributed by atoms with Crippen molar-refractivity contribution in [3.8, 4) is 0 Å². The van der Waals surface area contributed by atoms with Gasteiger partial charge in [-0.05, 0) is 19.1 Å². The van der Waals surface area contributed by atoms with Crippen LogP contribution in [0.5, 0.6) is 0 Å². The van der Waals surface area contributed by atoms with Crippen molar-refractivity contribution in [3.05, 3.63) is 29.8 Å². The third-order valence-corrected chi connectivity index (χ3v) is 2.46. The van der Waals surface area contributed by atoms with Crippen molar-refractivity contribution in [3.63, 3.8) is 0 Å². The van der Waals surface area contributed by atoms with E-state index in [1.807, 2.05) is 0 Å². The molecule has 2 N–H and O–H groups in total. The summed E-state index contributed by atoms with van der Waals surface area (Å²) in [5.41, 5.74) is 0.645. The number of carbonyl (C=O) groups excluding carboxylic acids is 3. The zero-order valence-corrected chi connectivity index (χ0v) is 11.6. The van der Waals surface area contributed by atoms with E-state index in [0.29, 0.717) is 12.1 Å². The second-order valence-corrected chi connectivity index (χ2v) is 3.94. The average Bonchev–Trinajstić information content (AvgIpc) is 2.45. The van der Waals surface area contributed by atoms with Gasteiger partial charge in [0.25, 0.3) is 0 Å². The summed E-state index contributed by atoms with van der Waals surface area (Å²) >= 11 is 0. The lowest BCUT2D eigenvalue weighted by Gasteiger charge is -2.10. The van der Waals surface area contributed by atoms with Gasteiger partial charge in [-0.1, -0.05) is 19.1 Å². The van der Waals surface area contributed by atoms with E-state index in [9.17, 15) is 14.4 Å². The van der Waals surface area contributed by atoms with Crippen LogP contribution in [0, 0.1) is 0 Å². The molecule has 0 spiro atoms. The zero-order chi connectivity index (χ0) is 15.0. The van der Waals surface area contributed by atoms with Crippen LogP contribution in [0.25, 0.3) is 0 Å². The maximum absolute atomic E-state index is 11.7. The van der Waals surface area contributed by atoms with Crippen molar-refractivity contribution in [2.24, 2.45) is 0 Å². The molecule has 0 aliphatic carbocycles. The Kier molecular flexibility index (Phi) is 6.22. The van der Waals surface area contributed by atoms with Crippen LogP contribution in [0.15, 0.2) is 24.3 Å². The molecule has 0 saturated carbocycles. The molecule has 0 bridgehead atoms. The Morgan fingerprint density at radius 1 is 1.10 bits per heavy atom. The molecule has 20 heavy (non-hydrogen) atoms. The van der Waals surface area contributed by atoms with Gasteiger partial charge < -0.3 is 15.4 Å². The van der Waals surface area contributed by atoms with Gasteiger partial charge in [-0.15, -0.1) is 0 Å². The molecule has 0 aliphatic rings. The summed E-state index contributed by atoms with van der Waals surface area (Å²) in [5.74, 6) is -1.11. The highest BCUT2D eigenvalue weighted by Gasteiger charge is 2.13. The van der Waals surface area contributed by atoms with Crippen LogP contribution in [-0.4, -0.2) is 30.9 Å². The van der Waals surface area contributed by atoms with E-state index in [0.717, 1.165) is 0 Å². The van der Waals surface area contributed by atoms with Crippen LogP contribution in [-0.2, 0) is 14.3 Å². The summed E-state index contributed by atoms with van der Waals surface area (Å²) in [5, 5.41) is 5.03. The summed E-state index contributed by atoms with van der Waals surface area (Å²) in [4.78, 5) is 34.5. The number of amides is 2. The quantitative estimate of drug-likeness (QED) is 0.769. The van der Waals surface area contributed by atoms with Gasteiger partial charge in [0.05, 0.1) is 24.4 Å². The first kappa shape index (κ1) is 15.7. The number of ether oxygens (including phenoxy) is 1. The van der Waals surface area contributed by atoms with Crippen LogP contribution in [0.1, 0.15) is 30.6 Å². The Morgan fingerprint density at radius 3 is 2.45 bits per heavy atom. The SMILES string of the molecule is CCOC(=O)c1ccccc1NC(=O)CNC(=O)CC. The molecular weight excluding hydrogens is 260 g/mol. The molecule has 1 aromatic rings. The number of esters is 1. The van der Waals surface area contributed by atoms with Gasteiger partial charge in [0.1, 0.15) is 0 Å². The van der Waals surface area contributed by atoms with Gasteiger partial charge >= 0.3 is 5.97 Å². The lowest BCUT2D eigenvalue weighted by Crippen LogP contribution is -2.32. The monoisotopic (exact) mass is 278 g/mol. The fourth-order valence-electron chi connectivity index (χ4n) is 1.48. The molecule has 1 rings (SSSR count). The molecule has 0 unspecified atom stereocenters. The Bertz CT molecular complexity index is 500. The molecule has 2 amide bonds. The van der Waals surface area contributed by atoms with Gasteiger partial charge in [0.15, 0.2) is 0 Å². The fourth-order valence-corrected chi connectivity index (χ4v) is 1.48. The summed E-state index contributed by atoms with van der Waals surface area (Å²) in [6.45, 7) is 3.53. The van der Waals surface area contributed by atoms with Gasteiger partial charge in [0.2, 0.25) is 11.8 Å². The zero-order valence-electron chi connectivity index (χ0n) is 11.6. The number of hydrogen-bond donors (Lipinski definition) is 2. The van der Waals surface area contributed by atoms with Crippen LogP contribution in [0.2, 0.25) is 0 Å². The predicted molar refractivity (Wildman–Crippen MR) is 74.3 cm³/mol. The highest BCUT2D eigenvalue weighted by atomic mass is 16.5. The largest absolute Gasteiger partial charge is 0.462 e. The molecule has 0 heterocycles. The Balaban J connectivity index is 2.69. The maximum Gasteiger partial charge on any atom is 0.340 e. The molecule has 6 heteroatoms. The van der Waals surface area contributed by atoms with Crippen LogP contribution < -0.4 is 10.6 Å². The predicted octanol–water partition coefficient (Wildman–Crippen LogP) is 1.33. The standard InChI is InChI=1S/C14H18N2O4/c1-3-12(17)15-9-13(18)16-11-8-6-5-7-10(11)14(19)20-4-2/h5-8H,3-4,9H2,1-2H3,(H,15,17)(H,16,18). The number of carbonyl (C=O) groups is 3. The molecule has 108 valence electrons. The summed E-state index contributed by atoms with van der Waals surface area (Å²) in [7, 11) is 0. The molecule has 0 radical (unpaired) electrons. The molecule has 0 saturated heterocycles. The molecule has 0 atom stereocenters. The number of nitrogens with one attached hydrogen (secondary N) is 2. The number of rotatable bonds is 6. The summed E-state index contributed by atoms with van der Waals surface area (Å²) in [6, 6.07) is 6.55. The smallest absolute Gasteiger partial charge is 0.340 e. The van der Waals surface area contributed by atoms with E-state index in [2.05, 4.69) is 10.6 Å². The third-order valence-electron chi connectivity index (χ3n) is 2.46. The Morgan fingerprint density at radius 2 is 1.80 bits per heavy atom. The number of anilines is 1. The molecule has 0 fully saturated rings. The normalized spacial score (nSPS) is 9.70. The van der Waals surface area contributed by atoms with Crippen molar-refractivity contribution in [1.82, 2.24) is 5.32 Å². The van der Waals surface area contributed by atoms with E-state index >= 15 is 0 Å². The molecule has 0 aliphatic heterocycles. The highest BCUT2D eigenvalue weighted by Crippen LogP contribution is 2.15. The van der Waals surface area contributed by atoms with E-state index in [4.69, 9.17) is 4.74 Å². The van der Waals surface area contributed by atoms with Gasteiger partial charge in [-0.25, -0.2) is 4.79 Å². The maximum atomic E-state index is 11.7. The van der Waals surface area contributed by atoms with E-state index in [-0.39, 0.29) is 24.6 Å². The van der Waals surface area contributed by atoms with E-state index in [1.54, 1.807) is 38.1 Å². The molecule has 6 nitrogen and oxygen atoms in total. The van der Waals surface area contributed by atoms with E-state index < -0.39 is 11.9 Å². The molecule has 0 aromatic heterocycles. The molecular formula is C14H18N2O4. The van der Waals surface area contributed by atoms with Crippen LogP contribution in [0.3, 0.4) is 0 Å². The second kappa shape index (κ2) is 7.93. The lowest BCUT2D eigenvalue weighted by atomic mass is 10.2. The Hall–Kier alpha value is -2.37. The number of para-hydroxylation sites is 1. The lowest BCUT2D eigenvalue weighted by molar-refractivity contribution is -0.123. The van der Waals surface area contributed by atoms with Gasteiger partial charge in [-0.2, -0.15) is 0 Å². The van der Waals surface area contributed by atoms with Crippen molar-refractivity contribution in [1.29, 1.82) is 0 Å². The highest BCUT2D eigenvalue weighted by molar-refractivity contribution is 6.02. The first-order valence-electron chi connectivity index (χ1n) is 6.41. The fraction of sp³-hybridized carbons (Fsp3) is 0.357. The third kappa shape index (κ3) is 4.72. The van der Waals surface area contributed by atoms with Gasteiger partial charge in [0, 0.05) is 6.42 Å². The number of benzene rings is 1. The minimum atomic E-state index is -0.499. The number of hydrogen-bond acceptors (Lipinski definition) is 4.